The smallest absolute Gasteiger partial charge is 0.269 e. The summed E-state index contributed by atoms with van der Waals surface area (Å²) in [5.74, 6) is -2.19. The van der Waals surface area contributed by atoms with Gasteiger partial charge in [-0.3, -0.25) is 25.2 Å². The van der Waals surface area contributed by atoms with E-state index in [1.165, 1.54) is 54.6 Å². The minimum Gasteiger partial charge on any atom is -0.280 e. The first kappa shape index (κ1) is 22.9. The van der Waals surface area contributed by atoms with Crippen LogP contribution < -0.4 is 15.6 Å². The van der Waals surface area contributed by atoms with Crippen molar-refractivity contribution in [1.82, 2.24) is 10.9 Å². The molecule has 10 heteroatoms. The molecule has 0 radical (unpaired) electrons. The fourth-order valence-corrected chi connectivity index (χ4v) is 3.85. The van der Waals surface area contributed by atoms with Crippen LogP contribution in [0.2, 0.25) is 0 Å². The third-order valence-electron chi connectivity index (χ3n) is 4.45. The maximum Gasteiger partial charge on any atom is 0.269 e. The fraction of sp³-hybridized carbons (Fsp3) is 0.0909. The molecule has 0 atom stereocenters. The Bertz CT molecular complexity index is 1250. The fourth-order valence-electron chi connectivity index (χ4n) is 2.77. The predicted molar refractivity (Wildman–Crippen MR) is 114 cm³/mol. The van der Waals surface area contributed by atoms with E-state index in [1.807, 2.05) is 0 Å². The summed E-state index contributed by atoms with van der Waals surface area (Å²) in [5, 5.41) is 0. The Hall–Kier alpha value is -3.79. The largest absolute Gasteiger partial charge is 0.280 e. The minimum atomic E-state index is -4.04. The van der Waals surface area contributed by atoms with Crippen molar-refractivity contribution in [2.24, 2.45) is 0 Å². The van der Waals surface area contributed by atoms with Gasteiger partial charge in [-0.1, -0.05) is 18.2 Å². The van der Waals surface area contributed by atoms with E-state index in [1.54, 1.807) is 6.92 Å². The third-order valence-corrected chi connectivity index (χ3v) is 5.83. The van der Waals surface area contributed by atoms with Crippen LogP contribution in [0.4, 0.5) is 14.5 Å². The lowest BCUT2D eigenvalue weighted by Crippen LogP contribution is -2.42. The summed E-state index contributed by atoms with van der Waals surface area (Å²) in [6.45, 7) is 1.61. The summed E-state index contributed by atoms with van der Waals surface area (Å²) in [7, 11) is -4.04. The average Bonchev–Trinajstić information content (AvgIpc) is 2.75. The normalized spacial score (nSPS) is 11.0. The van der Waals surface area contributed by atoms with Crippen molar-refractivity contribution in [3.05, 3.63) is 95.1 Å². The number of carbonyl (C=O) groups excluding carboxylic acids is 2. The molecule has 7 nitrogen and oxygen atoms in total. The molecular formula is C22H19F2N3O4S. The molecule has 0 saturated carbocycles. The van der Waals surface area contributed by atoms with E-state index in [0.717, 1.165) is 12.1 Å². The van der Waals surface area contributed by atoms with Crippen molar-refractivity contribution in [2.75, 3.05) is 4.72 Å². The number of amides is 2. The van der Waals surface area contributed by atoms with E-state index in [-0.39, 0.29) is 22.6 Å². The Morgan fingerprint density at radius 1 is 0.844 bits per heavy atom. The number of rotatable bonds is 6. The van der Waals surface area contributed by atoms with Crippen molar-refractivity contribution in [3.63, 3.8) is 0 Å². The number of carbonyl (C=O) groups is 2. The monoisotopic (exact) mass is 459 g/mol. The summed E-state index contributed by atoms with van der Waals surface area (Å²) < 4.78 is 53.5. The lowest BCUT2D eigenvalue weighted by Gasteiger charge is -2.12. The molecule has 3 N–H and O–H groups in total. The number of nitrogens with one attached hydrogen (secondary N) is 3. The first-order chi connectivity index (χ1) is 15.1. The summed E-state index contributed by atoms with van der Waals surface area (Å²) in [6.07, 6.45) is -0.0877. The van der Waals surface area contributed by atoms with Gasteiger partial charge in [0.15, 0.2) is 0 Å². The van der Waals surface area contributed by atoms with Gasteiger partial charge in [0.25, 0.3) is 15.9 Å². The molecule has 0 fully saturated rings. The summed E-state index contributed by atoms with van der Waals surface area (Å²) >= 11 is 0. The standard InChI is InChI=1S/C22H19F2N3O4S/c1-14-2-11-19(32(30,31)27-18-9-7-17(24)8-10-18)13-20(14)22(29)26-25-21(28)12-15-3-5-16(23)6-4-15/h2-11,13,27H,12H2,1H3,(H,25,28)(H,26,29). The zero-order valence-corrected chi connectivity index (χ0v) is 17.7. The van der Waals surface area contributed by atoms with Crippen LogP contribution in [0.1, 0.15) is 21.5 Å². The molecule has 3 aromatic rings. The Morgan fingerprint density at radius 2 is 1.44 bits per heavy atom. The number of hydrogen-bond donors (Lipinski definition) is 3. The SMILES string of the molecule is Cc1ccc(S(=O)(=O)Nc2ccc(F)cc2)cc1C(=O)NNC(=O)Cc1ccc(F)cc1. The molecule has 0 bridgehead atoms. The van der Waals surface area contributed by atoms with Gasteiger partial charge in [0.2, 0.25) is 5.91 Å². The molecule has 0 spiro atoms. The predicted octanol–water partition coefficient (Wildman–Crippen LogP) is 3.08. The Balaban J connectivity index is 1.68. The summed E-state index contributed by atoms with van der Waals surface area (Å²) in [5.41, 5.74) is 5.71. The van der Waals surface area contributed by atoms with E-state index in [4.69, 9.17) is 0 Å². The van der Waals surface area contributed by atoms with Crippen LogP contribution in [0.25, 0.3) is 0 Å². The molecule has 0 aliphatic heterocycles. The number of hydrogen-bond acceptors (Lipinski definition) is 4. The van der Waals surface area contributed by atoms with Gasteiger partial charge in [-0.15, -0.1) is 0 Å². The second-order valence-corrected chi connectivity index (χ2v) is 8.58. The zero-order valence-electron chi connectivity index (χ0n) is 16.9. The highest BCUT2D eigenvalue weighted by Gasteiger charge is 2.19. The lowest BCUT2D eigenvalue weighted by molar-refractivity contribution is -0.121. The second kappa shape index (κ2) is 9.56. The first-order valence-electron chi connectivity index (χ1n) is 9.37. The molecule has 2 amide bonds. The third kappa shape index (κ3) is 5.88. The summed E-state index contributed by atoms with van der Waals surface area (Å²) in [6, 6.07) is 14.0. The Labute approximate surface area is 183 Å². The van der Waals surface area contributed by atoms with Crippen molar-refractivity contribution >= 4 is 27.5 Å². The van der Waals surface area contributed by atoms with Crippen LogP contribution >= 0.6 is 0 Å². The molecule has 0 aliphatic carbocycles. The van der Waals surface area contributed by atoms with Gasteiger partial charge in [0, 0.05) is 11.3 Å². The molecule has 3 aromatic carbocycles. The van der Waals surface area contributed by atoms with Crippen LogP contribution in [0.3, 0.4) is 0 Å². The molecule has 166 valence electrons. The number of anilines is 1. The van der Waals surface area contributed by atoms with E-state index in [0.29, 0.717) is 11.1 Å². The maximum atomic E-state index is 13.0. The number of benzene rings is 3. The van der Waals surface area contributed by atoms with Crippen LogP contribution in [-0.2, 0) is 21.2 Å². The quantitative estimate of drug-likeness (QED) is 0.493. The van der Waals surface area contributed by atoms with E-state index in [2.05, 4.69) is 15.6 Å². The van der Waals surface area contributed by atoms with Gasteiger partial charge in [-0.05, 0) is 66.6 Å². The highest BCUT2D eigenvalue weighted by molar-refractivity contribution is 7.92. The summed E-state index contributed by atoms with van der Waals surface area (Å²) in [4.78, 5) is 24.3. The topological polar surface area (TPSA) is 104 Å². The van der Waals surface area contributed by atoms with Crippen molar-refractivity contribution < 1.29 is 26.8 Å². The number of halogens is 2. The molecule has 0 saturated heterocycles. The van der Waals surface area contributed by atoms with E-state index in [9.17, 15) is 26.8 Å². The van der Waals surface area contributed by atoms with E-state index < -0.39 is 33.5 Å². The Morgan fingerprint density at radius 3 is 2.06 bits per heavy atom. The molecule has 0 aliphatic rings. The van der Waals surface area contributed by atoms with Crippen molar-refractivity contribution in [2.45, 2.75) is 18.2 Å². The van der Waals surface area contributed by atoms with Gasteiger partial charge < -0.3 is 0 Å². The molecular weight excluding hydrogens is 440 g/mol. The highest BCUT2D eigenvalue weighted by atomic mass is 32.2. The number of aryl methyl sites for hydroxylation is 1. The average molecular weight is 459 g/mol. The molecule has 32 heavy (non-hydrogen) atoms. The maximum absolute atomic E-state index is 13.0. The van der Waals surface area contributed by atoms with Gasteiger partial charge >= 0.3 is 0 Å². The van der Waals surface area contributed by atoms with Gasteiger partial charge in [-0.25, -0.2) is 17.2 Å². The van der Waals surface area contributed by atoms with Crippen LogP contribution in [0, 0.1) is 18.6 Å². The molecule has 0 unspecified atom stereocenters. The lowest BCUT2D eigenvalue weighted by atomic mass is 10.1. The minimum absolute atomic E-state index is 0.0362. The van der Waals surface area contributed by atoms with Gasteiger partial charge in [-0.2, -0.15) is 0 Å². The van der Waals surface area contributed by atoms with Gasteiger partial charge in [0.1, 0.15) is 11.6 Å². The van der Waals surface area contributed by atoms with Gasteiger partial charge in [0.05, 0.1) is 11.3 Å². The number of sulfonamides is 1. The zero-order chi connectivity index (χ0) is 23.3. The van der Waals surface area contributed by atoms with Crippen LogP contribution in [0.5, 0.6) is 0 Å². The van der Waals surface area contributed by atoms with E-state index >= 15 is 0 Å². The van der Waals surface area contributed by atoms with Crippen LogP contribution in [0.15, 0.2) is 71.6 Å². The number of hydrazine groups is 1. The second-order valence-electron chi connectivity index (χ2n) is 6.89. The molecule has 0 heterocycles. The van der Waals surface area contributed by atoms with Crippen LogP contribution in [-0.4, -0.2) is 20.2 Å². The Kier molecular flexibility index (Phi) is 6.84. The van der Waals surface area contributed by atoms with Crippen molar-refractivity contribution in [1.29, 1.82) is 0 Å². The highest BCUT2D eigenvalue weighted by Crippen LogP contribution is 2.19. The molecule has 0 aromatic heterocycles. The molecule has 3 rings (SSSR count). The first-order valence-corrected chi connectivity index (χ1v) is 10.8. The van der Waals surface area contributed by atoms with Crippen molar-refractivity contribution in [3.8, 4) is 0 Å².